The van der Waals surface area contributed by atoms with Crippen LogP contribution in [0.15, 0.2) is 30.6 Å². The number of carbonyl (C=O) groups is 1. The zero-order valence-electron chi connectivity index (χ0n) is 14.8. The molecule has 1 aromatic carbocycles. The molecule has 7 heteroatoms. The molecule has 2 saturated heterocycles. The third-order valence-electron chi connectivity index (χ3n) is 5.08. The number of carbonyl (C=O) groups excluding carboxylic acids is 1. The third kappa shape index (κ3) is 3.70. The molecule has 26 heavy (non-hydrogen) atoms. The lowest BCUT2D eigenvalue weighted by Crippen LogP contribution is -2.53. The van der Waals surface area contributed by atoms with Gasteiger partial charge in [-0.25, -0.2) is 0 Å². The first-order valence-electron chi connectivity index (χ1n) is 9.16. The van der Waals surface area contributed by atoms with Gasteiger partial charge in [-0.1, -0.05) is 0 Å². The second-order valence-electron chi connectivity index (χ2n) is 7.25. The van der Waals surface area contributed by atoms with Crippen molar-refractivity contribution < 1.29 is 14.6 Å². The van der Waals surface area contributed by atoms with Crippen molar-refractivity contribution in [1.82, 2.24) is 19.8 Å². The Hall–Kier alpha value is -2.09. The maximum atomic E-state index is 13.0. The average Bonchev–Trinajstić information content (AvgIpc) is 3.08. The van der Waals surface area contributed by atoms with Gasteiger partial charge in [0.15, 0.2) is 0 Å². The average molecular weight is 356 g/mol. The molecule has 7 nitrogen and oxygen atoms in total. The van der Waals surface area contributed by atoms with E-state index in [1.807, 2.05) is 0 Å². The van der Waals surface area contributed by atoms with Gasteiger partial charge in [0.25, 0.3) is 5.91 Å². The predicted molar refractivity (Wildman–Crippen MR) is 96.9 cm³/mol. The van der Waals surface area contributed by atoms with Crippen LogP contribution in [-0.2, 0) is 4.74 Å². The van der Waals surface area contributed by atoms with E-state index >= 15 is 0 Å². The van der Waals surface area contributed by atoms with Crippen LogP contribution in [0.5, 0.6) is 0 Å². The molecule has 0 bridgehead atoms. The van der Waals surface area contributed by atoms with Gasteiger partial charge in [-0.15, -0.1) is 0 Å². The molecule has 1 unspecified atom stereocenters. The van der Waals surface area contributed by atoms with E-state index in [1.54, 1.807) is 35.5 Å². The van der Waals surface area contributed by atoms with Crippen molar-refractivity contribution in [3.8, 4) is 0 Å². The SMILES string of the molecule is O=C(c1ccc2nccnc2c1)N1CCOCC(O)(CN2CCCC2)C1. The first-order valence-corrected chi connectivity index (χ1v) is 9.16. The summed E-state index contributed by atoms with van der Waals surface area (Å²) in [7, 11) is 0. The molecule has 1 atom stereocenters. The standard InChI is InChI=1S/C19H24N4O3/c24-18(15-3-4-16-17(11-15)21-6-5-20-16)23-9-10-26-14-19(25,13-23)12-22-7-1-2-8-22/h3-6,11,25H,1-2,7-10,12-14H2. The largest absolute Gasteiger partial charge is 0.384 e. The molecular weight excluding hydrogens is 332 g/mol. The van der Waals surface area contributed by atoms with Gasteiger partial charge >= 0.3 is 0 Å². The fraction of sp³-hybridized carbons (Fsp3) is 0.526. The molecule has 2 fully saturated rings. The van der Waals surface area contributed by atoms with Crippen molar-refractivity contribution in [3.63, 3.8) is 0 Å². The van der Waals surface area contributed by atoms with Gasteiger partial charge in [-0.05, 0) is 44.1 Å². The van der Waals surface area contributed by atoms with Gasteiger partial charge in [0.1, 0.15) is 5.60 Å². The molecule has 0 radical (unpaired) electrons. The Labute approximate surface area is 152 Å². The van der Waals surface area contributed by atoms with E-state index in [1.165, 1.54) is 0 Å². The van der Waals surface area contributed by atoms with Gasteiger partial charge in [-0.3, -0.25) is 14.8 Å². The van der Waals surface area contributed by atoms with Crippen LogP contribution in [0.3, 0.4) is 0 Å². The number of fused-ring (bicyclic) bond motifs is 1. The van der Waals surface area contributed by atoms with Crippen molar-refractivity contribution in [2.45, 2.75) is 18.4 Å². The highest BCUT2D eigenvalue weighted by Gasteiger charge is 2.36. The highest BCUT2D eigenvalue weighted by atomic mass is 16.5. The molecule has 1 N–H and O–H groups in total. The number of ether oxygens (including phenoxy) is 1. The van der Waals surface area contributed by atoms with Gasteiger partial charge in [0.2, 0.25) is 0 Å². The van der Waals surface area contributed by atoms with E-state index in [-0.39, 0.29) is 19.1 Å². The predicted octanol–water partition coefficient (Wildman–Crippen LogP) is 0.929. The molecule has 0 saturated carbocycles. The fourth-order valence-corrected chi connectivity index (χ4v) is 3.82. The summed E-state index contributed by atoms with van der Waals surface area (Å²) in [6, 6.07) is 5.33. The molecule has 1 amide bonds. The lowest BCUT2D eigenvalue weighted by Gasteiger charge is -2.34. The van der Waals surface area contributed by atoms with Crippen molar-refractivity contribution in [3.05, 3.63) is 36.2 Å². The number of nitrogens with zero attached hydrogens (tertiary/aromatic N) is 4. The molecule has 2 aromatic rings. The molecule has 4 rings (SSSR count). The van der Waals surface area contributed by atoms with Crippen molar-refractivity contribution >= 4 is 16.9 Å². The van der Waals surface area contributed by atoms with E-state index < -0.39 is 5.60 Å². The smallest absolute Gasteiger partial charge is 0.254 e. The Morgan fingerprint density at radius 3 is 2.73 bits per heavy atom. The van der Waals surface area contributed by atoms with Crippen LogP contribution in [0.4, 0.5) is 0 Å². The Kier molecular flexibility index (Phi) is 4.84. The Morgan fingerprint density at radius 2 is 1.92 bits per heavy atom. The quantitative estimate of drug-likeness (QED) is 0.881. The summed E-state index contributed by atoms with van der Waals surface area (Å²) < 4.78 is 5.61. The first kappa shape index (κ1) is 17.3. The molecule has 2 aliphatic rings. The topological polar surface area (TPSA) is 78.8 Å². The van der Waals surface area contributed by atoms with E-state index in [4.69, 9.17) is 4.74 Å². The number of hydrogen-bond acceptors (Lipinski definition) is 6. The van der Waals surface area contributed by atoms with Crippen LogP contribution in [-0.4, -0.2) is 82.3 Å². The monoisotopic (exact) mass is 356 g/mol. The van der Waals surface area contributed by atoms with Crippen LogP contribution >= 0.6 is 0 Å². The van der Waals surface area contributed by atoms with Crippen LogP contribution in [0.25, 0.3) is 11.0 Å². The molecule has 0 aliphatic carbocycles. The molecular formula is C19H24N4O3. The number of benzene rings is 1. The van der Waals surface area contributed by atoms with E-state index in [2.05, 4.69) is 14.9 Å². The number of hydrogen-bond donors (Lipinski definition) is 1. The van der Waals surface area contributed by atoms with Gasteiger partial charge in [-0.2, -0.15) is 0 Å². The minimum Gasteiger partial charge on any atom is -0.384 e. The minimum atomic E-state index is -1.03. The van der Waals surface area contributed by atoms with Crippen molar-refractivity contribution in [2.75, 3.05) is 45.9 Å². The zero-order valence-corrected chi connectivity index (χ0v) is 14.8. The number of aromatic nitrogens is 2. The minimum absolute atomic E-state index is 0.108. The molecule has 1 aromatic heterocycles. The normalized spacial score (nSPS) is 24.7. The van der Waals surface area contributed by atoms with Gasteiger partial charge in [0, 0.05) is 31.0 Å². The van der Waals surface area contributed by atoms with E-state index in [0.717, 1.165) is 31.4 Å². The summed E-state index contributed by atoms with van der Waals surface area (Å²) in [6.45, 7) is 3.98. The van der Waals surface area contributed by atoms with E-state index in [0.29, 0.717) is 30.8 Å². The second-order valence-corrected chi connectivity index (χ2v) is 7.25. The summed E-state index contributed by atoms with van der Waals surface area (Å²) >= 11 is 0. The van der Waals surface area contributed by atoms with Crippen LogP contribution in [0.1, 0.15) is 23.2 Å². The van der Waals surface area contributed by atoms with E-state index in [9.17, 15) is 9.90 Å². The highest BCUT2D eigenvalue weighted by Crippen LogP contribution is 2.20. The van der Waals surface area contributed by atoms with Gasteiger partial charge in [0.05, 0.1) is 30.8 Å². The summed E-state index contributed by atoms with van der Waals surface area (Å²) in [4.78, 5) is 25.5. The lowest BCUT2D eigenvalue weighted by atomic mass is 10.0. The number of amides is 1. The number of rotatable bonds is 3. The highest BCUT2D eigenvalue weighted by molar-refractivity contribution is 5.97. The Balaban J connectivity index is 1.53. The Bertz CT molecular complexity index is 793. The van der Waals surface area contributed by atoms with Crippen molar-refractivity contribution in [1.29, 1.82) is 0 Å². The maximum Gasteiger partial charge on any atom is 0.254 e. The molecule has 0 spiro atoms. The third-order valence-corrected chi connectivity index (χ3v) is 5.08. The summed E-state index contributed by atoms with van der Waals surface area (Å²) in [5.41, 5.74) is 0.974. The summed E-state index contributed by atoms with van der Waals surface area (Å²) in [5, 5.41) is 11.1. The number of likely N-dealkylation sites (tertiary alicyclic amines) is 1. The number of β-amino-alcohol motifs (C(OH)–C–C–N with tert-alkyl or cyclic N) is 1. The summed E-state index contributed by atoms with van der Waals surface area (Å²) in [6.07, 6.45) is 5.58. The van der Waals surface area contributed by atoms with Crippen LogP contribution in [0, 0.1) is 0 Å². The lowest BCUT2D eigenvalue weighted by molar-refractivity contribution is -0.0524. The zero-order chi connectivity index (χ0) is 18.0. The maximum absolute atomic E-state index is 13.0. The fourth-order valence-electron chi connectivity index (χ4n) is 3.82. The second kappa shape index (κ2) is 7.26. The first-order chi connectivity index (χ1) is 12.6. The van der Waals surface area contributed by atoms with Gasteiger partial charge < -0.3 is 19.6 Å². The number of aliphatic hydroxyl groups is 1. The van der Waals surface area contributed by atoms with Crippen LogP contribution < -0.4 is 0 Å². The molecule has 3 heterocycles. The molecule has 2 aliphatic heterocycles. The van der Waals surface area contributed by atoms with Crippen LogP contribution in [0.2, 0.25) is 0 Å². The summed E-state index contributed by atoms with van der Waals surface area (Å²) in [5.74, 6) is -0.108. The Morgan fingerprint density at radius 1 is 1.15 bits per heavy atom. The van der Waals surface area contributed by atoms with Crippen molar-refractivity contribution in [2.24, 2.45) is 0 Å². The molecule has 138 valence electrons.